The number of carboxylic acid groups (broad SMARTS) is 1. The first-order valence-corrected chi connectivity index (χ1v) is 15.8. The zero-order chi connectivity index (χ0) is 27.9. The van der Waals surface area contributed by atoms with E-state index in [9.17, 15) is 13.2 Å². The maximum Gasteiger partial charge on any atom is 0.303 e. The van der Waals surface area contributed by atoms with Crippen molar-refractivity contribution in [3.63, 3.8) is 0 Å². The van der Waals surface area contributed by atoms with E-state index in [1.807, 2.05) is 24.3 Å². The molecule has 2 aromatic rings. The van der Waals surface area contributed by atoms with E-state index in [1.165, 1.54) is 16.7 Å². The molecule has 0 amide bonds. The van der Waals surface area contributed by atoms with E-state index < -0.39 is 16.2 Å². The van der Waals surface area contributed by atoms with Crippen molar-refractivity contribution >= 4 is 27.3 Å². The first kappa shape index (κ1) is 29.2. The molecule has 1 fully saturated rings. The van der Waals surface area contributed by atoms with Gasteiger partial charge >= 0.3 is 5.97 Å². The maximum atomic E-state index is 12.1. The van der Waals surface area contributed by atoms with Crippen molar-refractivity contribution < 1.29 is 18.3 Å². The number of nitrogens with one attached hydrogen (secondary N) is 1. The average molecular weight is 551 g/mol. The van der Waals surface area contributed by atoms with Gasteiger partial charge in [0.15, 0.2) is 0 Å². The van der Waals surface area contributed by atoms with Crippen LogP contribution in [0, 0.1) is 11.3 Å². The number of carbonyl (C=O) groups is 1. The van der Waals surface area contributed by atoms with Gasteiger partial charge in [0.05, 0.1) is 0 Å². The third-order valence-corrected chi connectivity index (χ3v) is 9.27. The fourth-order valence-electron chi connectivity index (χ4n) is 6.99. The van der Waals surface area contributed by atoms with Crippen molar-refractivity contribution in [2.24, 2.45) is 16.5 Å². The van der Waals surface area contributed by atoms with Gasteiger partial charge in [-0.1, -0.05) is 105 Å². The van der Waals surface area contributed by atoms with Crippen LogP contribution in [0.4, 0.5) is 0 Å². The van der Waals surface area contributed by atoms with Crippen LogP contribution in [0.25, 0.3) is 11.1 Å². The van der Waals surface area contributed by atoms with E-state index in [1.54, 1.807) is 0 Å². The van der Waals surface area contributed by atoms with Crippen LogP contribution >= 0.6 is 0 Å². The summed E-state index contributed by atoms with van der Waals surface area (Å²) in [7, 11) is -3.83. The van der Waals surface area contributed by atoms with Gasteiger partial charge in [0.25, 0.3) is 10.2 Å². The summed E-state index contributed by atoms with van der Waals surface area (Å²) >= 11 is 0. The van der Waals surface area contributed by atoms with E-state index in [-0.39, 0.29) is 23.8 Å². The normalized spacial score (nSPS) is 22.7. The zero-order valence-electron chi connectivity index (χ0n) is 22.8. The van der Waals surface area contributed by atoms with Crippen LogP contribution in [-0.2, 0) is 15.0 Å². The van der Waals surface area contributed by atoms with Crippen molar-refractivity contribution in [3.8, 4) is 0 Å². The van der Waals surface area contributed by atoms with Crippen LogP contribution in [0.5, 0.6) is 0 Å². The molecule has 6 nitrogen and oxygen atoms in total. The lowest BCUT2D eigenvalue weighted by Gasteiger charge is -2.37. The Morgan fingerprint density at radius 2 is 1.54 bits per heavy atom. The highest BCUT2D eigenvalue weighted by atomic mass is 32.2. The van der Waals surface area contributed by atoms with Crippen LogP contribution in [0.2, 0.25) is 0 Å². The number of aliphatic carboxylic acids is 1. The standard InChI is InChI=1S/C32H42N2O4S/c1-24(25-15-10-7-11-16-25)32-22-21-29(34-39(33,37)38)28(32)23-27(31(32)26-17-12-8-13-18-26)19-9-5-3-2-4-6-14-20-30(35)36/h7-8,10-13,15-18,28-29,34H,1-6,9,14,19-23H2,(H,35,36)(H2,33,37,38)/t28?,29-,32-/m0/s1. The molecule has 0 aromatic heterocycles. The van der Waals surface area contributed by atoms with E-state index >= 15 is 0 Å². The second-order valence-electron chi connectivity index (χ2n) is 11.1. The molecule has 1 unspecified atom stereocenters. The molecule has 4 N–H and O–H groups in total. The van der Waals surface area contributed by atoms with Gasteiger partial charge in [-0.25, -0.2) is 5.14 Å². The smallest absolute Gasteiger partial charge is 0.303 e. The molecule has 2 aliphatic rings. The van der Waals surface area contributed by atoms with E-state index in [4.69, 9.17) is 10.2 Å². The summed E-state index contributed by atoms with van der Waals surface area (Å²) in [5.41, 5.74) is 5.73. The van der Waals surface area contributed by atoms with Crippen molar-refractivity contribution in [1.82, 2.24) is 4.72 Å². The second kappa shape index (κ2) is 13.1. The minimum atomic E-state index is -3.83. The molecule has 3 atom stereocenters. The molecular weight excluding hydrogens is 508 g/mol. The highest BCUT2D eigenvalue weighted by Crippen LogP contribution is 2.66. The van der Waals surface area contributed by atoms with Crippen LogP contribution < -0.4 is 9.86 Å². The van der Waals surface area contributed by atoms with Gasteiger partial charge in [0.1, 0.15) is 0 Å². The number of benzene rings is 2. The molecule has 0 spiro atoms. The lowest BCUT2D eigenvalue weighted by atomic mass is 9.66. The molecule has 0 saturated heterocycles. The zero-order valence-corrected chi connectivity index (χ0v) is 23.6. The topological polar surface area (TPSA) is 109 Å². The number of fused-ring (bicyclic) bond motifs is 1. The fraction of sp³-hybridized carbons (Fsp3) is 0.469. The summed E-state index contributed by atoms with van der Waals surface area (Å²) in [5.74, 6) is -0.656. The van der Waals surface area contributed by atoms with Crippen molar-refractivity contribution in [2.75, 3.05) is 0 Å². The molecular formula is C32H42N2O4S. The Labute approximate surface area is 233 Å². The van der Waals surface area contributed by atoms with E-state index in [0.717, 1.165) is 81.8 Å². The number of nitrogens with two attached hydrogens (primary N) is 1. The summed E-state index contributed by atoms with van der Waals surface area (Å²) in [6.07, 6.45) is 10.9. The van der Waals surface area contributed by atoms with Crippen LogP contribution in [-0.4, -0.2) is 25.5 Å². The number of carboxylic acids is 1. The molecule has 2 aromatic carbocycles. The third-order valence-electron chi connectivity index (χ3n) is 8.64. The first-order valence-electron chi connectivity index (χ1n) is 14.3. The van der Waals surface area contributed by atoms with Crippen molar-refractivity contribution in [2.45, 2.75) is 83.1 Å². The predicted molar refractivity (Wildman–Crippen MR) is 158 cm³/mol. The number of hydrogen-bond donors (Lipinski definition) is 3. The SMILES string of the molecule is C=C(c1ccccc1)[C@@]12CC[C@H](NS(N)(=O)=O)C1CC(CCCCCCCCCC(=O)O)=C2c1ccccc1. The van der Waals surface area contributed by atoms with E-state index in [2.05, 4.69) is 47.7 Å². The molecule has 39 heavy (non-hydrogen) atoms. The number of unbranched alkanes of at least 4 members (excludes halogenated alkanes) is 6. The molecule has 7 heteroatoms. The van der Waals surface area contributed by atoms with Gasteiger partial charge in [-0.15, -0.1) is 0 Å². The predicted octanol–water partition coefficient (Wildman–Crippen LogP) is 6.71. The Balaban J connectivity index is 1.57. The van der Waals surface area contributed by atoms with Crippen molar-refractivity contribution in [1.29, 1.82) is 0 Å². The lowest BCUT2D eigenvalue weighted by Crippen LogP contribution is -2.43. The summed E-state index contributed by atoms with van der Waals surface area (Å²) in [6, 6.07) is 20.6. The monoisotopic (exact) mass is 550 g/mol. The molecule has 0 radical (unpaired) electrons. The highest BCUT2D eigenvalue weighted by Gasteiger charge is 2.57. The van der Waals surface area contributed by atoms with Gasteiger partial charge < -0.3 is 5.11 Å². The van der Waals surface area contributed by atoms with Gasteiger partial charge in [-0.05, 0) is 66.7 Å². The minimum Gasteiger partial charge on any atom is -0.481 e. The molecule has 0 heterocycles. The number of rotatable bonds is 15. The Morgan fingerprint density at radius 1 is 0.949 bits per heavy atom. The molecule has 0 bridgehead atoms. The first-order chi connectivity index (χ1) is 18.7. The average Bonchev–Trinajstić information content (AvgIpc) is 3.42. The van der Waals surface area contributed by atoms with Gasteiger partial charge in [0, 0.05) is 17.9 Å². The fourth-order valence-corrected chi connectivity index (χ4v) is 7.69. The summed E-state index contributed by atoms with van der Waals surface area (Å²) in [6.45, 7) is 4.66. The van der Waals surface area contributed by atoms with Gasteiger partial charge in [-0.2, -0.15) is 13.1 Å². The Morgan fingerprint density at radius 3 is 2.15 bits per heavy atom. The van der Waals surface area contributed by atoms with Crippen LogP contribution in [0.15, 0.2) is 72.8 Å². The summed E-state index contributed by atoms with van der Waals surface area (Å²) in [5, 5.41) is 14.3. The van der Waals surface area contributed by atoms with Crippen molar-refractivity contribution in [3.05, 3.63) is 83.9 Å². The quantitative estimate of drug-likeness (QED) is 0.214. The lowest BCUT2D eigenvalue weighted by molar-refractivity contribution is -0.137. The Kier molecular flexibility index (Phi) is 9.81. The maximum absolute atomic E-state index is 12.1. The molecule has 1 saturated carbocycles. The van der Waals surface area contributed by atoms with Gasteiger partial charge in [0.2, 0.25) is 0 Å². The second-order valence-corrected chi connectivity index (χ2v) is 12.5. The van der Waals surface area contributed by atoms with Crippen LogP contribution in [0.1, 0.15) is 88.2 Å². The molecule has 2 aliphatic carbocycles. The highest BCUT2D eigenvalue weighted by molar-refractivity contribution is 7.87. The Bertz CT molecular complexity index is 1270. The number of hydrogen-bond acceptors (Lipinski definition) is 3. The molecule has 4 rings (SSSR count). The minimum absolute atomic E-state index is 0.0583. The summed E-state index contributed by atoms with van der Waals surface area (Å²) in [4.78, 5) is 10.7. The molecule has 0 aliphatic heterocycles. The van der Waals surface area contributed by atoms with E-state index in [0.29, 0.717) is 0 Å². The van der Waals surface area contributed by atoms with Crippen LogP contribution in [0.3, 0.4) is 0 Å². The van der Waals surface area contributed by atoms with Gasteiger partial charge in [-0.3, -0.25) is 4.79 Å². The summed E-state index contributed by atoms with van der Waals surface area (Å²) < 4.78 is 27.0. The largest absolute Gasteiger partial charge is 0.481 e. The molecule has 210 valence electrons. The Hall–Kier alpha value is -2.74. The third kappa shape index (κ3) is 7.07. The number of allylic oxidation sites excluding steroid dienone is 3.